The average Bonchev–Trinajstić information content (AvgIpc) is 2.79. The van der Waals surface area contributed by atoms with E-state index in [1.54, 1.807) is 6.92 Å². The van der Waals surface area contributed by atoms with Gasteiger partial charge in [0.1, 0.15) is 5.75 Å². The molecule has 0 saturated carbocycles. The second kappa shape index (κ2) is 8.80. The maximum Gasteiger partial charge on any atom is 0.416 e. The van der Waals surface area contributed by atoms with Gasteiger partial charge in [-0.25, -0.2) is 13.2 Å². The van der Waals surface area contributed by atoms with E-state index in [0.717, 1.165) is 12.1 Å². The van der Waals surface area contributed by atoms with E-state index in [0.29, 0.717) is 5.75 Å². The smallest absolute Gasteiger partial charge is 0.416 e. The Morgan fingerprint density at radius 1 is 1.12 bits per heavy atom. The lowest BCUT2D eigenvalue weighted by Crippen LogP contribution is -2.51. The van der Waals surface area contributed by atoms with Gasteiger partial charge < -0.3 is 20.3 Å². The van der Waals surface area contributed by atoms with Crippen LogP contribution in [0.2, 0.25) is 0 Å². The molecular formula is C21H21F3N4O5S. The summed E-state index contributed by atoms with van der Waals surface area (Å²) < 4.78 is 71.4. The van der Waals surface area contributed by atoms with Gasteiger partial charge in [0.2, 0.25) is 10.0 Å². The molecule has 34 heavy (non-hydrogen) atoms. The Labute approximate surface area is 193 Å². The van der Waals surface area contributed by atoms with Crippen LogP contribution in [-0.2, 0) is 21.0 Å². The Kier molecular flexibility index (Phi) is 6.16. The van der Waals surface area contributed by atoms with E-state index in [1.165, 1.54) is 39.5 Å². The third-order valence-electron chi connectivity index (χ3n) is 5.49. The zero-order valence-corrected chi connectivity index (χ0v) is 18.7. The molecular weight excluding hydrogens is 477 g/mol. The van der Waals surface area contributed by atoms with Crippen LogP contribution in [0.25, 0.3) is 0 Å². The molecule has 3 amide bonds. The molecule has 2 aliphatic heterocycles. The van der Waals surface area contributed by atoms with Gasteiger partial charge in [0, 0.05) is 31.9 Å². The van der Waals surface area contributed by atoms with E-state index in [-0.39, 0.29) is 48.4 Å². The first-order valence-electron chi connectivity index (χ1n) is 10.3. The minimum atomic E-state index is -4.54. The van der Waals surface area contributed by atoms with E-state index in [2.05, 4.69) is 10.6 Å². The molecule has 4 rings (SSSR count). The predicted molar refractivity (Wildman–Crippen MR) is 116 cm³/mol. The summed E-state index contributed by atoms with van der Waals surface area (Å²) in [5, 5.41) is 5.02. The van der Waals surface area contributed by atoms with E-state index in [4.69, 9.17) is 4.74 Å². The first-order chi connectivity index (χ1) is 15.9. The van der Waals surface area contributed by atoms with Crippen molar-refractivity contribution in [2.75, 3.05) is 36.8 Å². The number of nitrogens with zero attached hydrogens (tertiary/aromatic N) is 2. The maximum atomic E-state index is 13.1. The second-order valence-electron chi connectivity index (χ2n) is 7.81. The molecule has 0 aliphatic carbocycles. The Balaban J connectivity index is 1.40. The fraction of sp³-hybridized carbons (Fsp3) is 0.333. The van der Waals surface area contributed by atoms with Gasteiger partial charge in [0.05, 0.1) is 16.1 Å². The minimum Gasteiger partial charge on any atom is -0.479 e. The lowest BCUT2D eigenvalue weighted by Gasteiger charge is -2.34. The number of halogens is 3. The average molecular weight is 498 g/mol. The standard InChI is InChI=1S/C21H21F3N4O5S/c1-13-19(29)26-17-12-16(5-6-18(17)33-13)34(31,32)28-9-7-27(8-10-28)20(30)25-15-4-2-3-14(11-15)21(22,23)24/h2-6,11-13H,7-10H2,1H3,(H,25,30)(H,26,29)/t13-/m1/s1. The molecule has 0 bridgehead atoms. The van der Waals surface area contributed by atoms with Crippen LogP contribution < -0.4 is 15.4 Å². The molecule has 0 spiro atoms. The molecule has 0 aromatic heterocycles. The number of carbonyl (C=O) groups is 2. The Bertz CT molecular complexity index is 1230. The van der Waals surface area contributed by atoms with Gasteiger partial charge in [-0.05, 0) is 43.3 Å². The highest BCUT2D eigenvalue weighted by Crippen LogP contribution is 2.33. The molecule has 1 atom stereocenters. The molecule has 0 unspecified atom stereocenters. The molecule has 0 radical (unpaired) electrons. The van der Waals surface area contributed by atoms with Crippen molar-refractivity contribution in [2.24, 2.45) is 0 Å². The van der Waals surface area contributed by atoms with Crippen molar-refractivity contribution >= 4 is 33.3 Å². The Hall–Kier alpha value is -3.32. The van der Waals surface area contributed by atoms with E-state index in [1.807, 2.05) is 0 Å². The first kappa shape index (κ1) is 23.8. The topological polar surface area (TPSA) is 108 Å². The molecule has 9 nitrogen and oxygen atoms in total. The predicted octanol–water partition coefficient (Wildman–Crippen LogP) is 2.96. The van der Waals surface area contributed by atoms with Crippen molar-refractivity contribution in [3.05, 3.63) is 48.0 Å². The summed E-state index contributed by atoms with van der Waals surface area (Å²) in [7, 11) is -3.91. The molecule has 1 fully saturated rings. The number of fused-ring (bicyclic) bond motifs is 1. The van der Waals surface area contributed by atoms with E-state index in [9.17, 15) is 31.2 Å². The molecule has 182 valence electrons. The second-order valence-corrected chi connectivity index (χ2v) is 9.75. The van der Waals surface area contributed by atoms with Gasteiger partial charge in [-0.3, -0.25) is 4.79 Å². The fourth-order valence-electron chi connectivity index (χ4n) is 3.60. The van der Waals surface area contributed by atoms with Gasteiger partial charge in [0.15, 0.2) is 6.10 Å². The van der Waals surface area contributed by atoms with Crippen LogP contribution in [0.3, 0.4) is 0 Å². The molecule has 1 saturated heterocycles. The maximum absolute atomic E-state index is 13.1. The molecule has 2 aromatic rings. The van der Waals surface area contributed by atoms with Crippen molar-refractivity contribution in [1.82, 2.24) is 9.21 Å². The van der Waals surface area contributed by atoms with Gasteiger partial charge in [0.25, 0.3) is 5.91 Å². The number of alkyl halides is 3. The number of urea groups is 1. The summed E-state index contributed by atoms with van der Waals surface area (Å²) in [6.45, 7) is 1.66. The highest BCUT2D eigenvalue weighted by Gasteiger charge is 2.33. The number of benzene rings is 2. The van der Waals surface area contributed by atoms with Crippen LogP contribution in [0.4, 0.5) is 29.3 Å². The number of amides is 3. The molecule has 2 aliphatic rings. The zero-order valence-electron chi connectivity index (χ0n) is 17.9. The van der Waals surface area contributed by atoms with Crippen molar-refractivity contribution in [1.29, 1.82) is 0 Å². The Morgan fingerprint density at radius 3 is 2.50 bits per heavy atom. The summed E-state index contributed by atoms with van der Waals surface area (Å²) in [6, 6.07) is 7.81. The molecule has 13 heteroatoms. The third-order valence-corrected chi connectivity index (χ3v) is 7.38. The van der Waals surface area contributed by atoms with Crippen molar-refractivity contribution < 1.29 is 35.9 Å². The van der Waals surface area contributed by atoms with E-state index >= 15 is 0 Å². The SMILES string of the molecule is C[C@H]1Oc2ccc(S(=O)(=O)N3CCN(C(=O)Nc4cccc(C(F)(F)F)c4)CC3)cc2NC1=O. The summed E-state index contributed by atoms with van der Waals surface area (Å²) >= 11 is 0. The number of rotatable bonds is 3. The lowest BCUT2D eigenvalue weighted by molar-refractivity contribution is -0.137. The number of hydrogen-bond donors (Lipinski definition) is 2. The van der Waals surface area contributed by atoms with Crippen LogP contribution in [0.1, 0.15) is 12.5 Å². The quantitative estimate of drug-likeness (QED) is 0.677. The van der Waals surface area contributed by atoms with Gasteiger partial charge in [-0.15, -0.1) is 0 Å². The number of anilines is 2. The third kappa shape index (κ3) is 4.80. The van der Waals surface area contributed by atoms with Crippen LogP contribution in [0, 0.1) is 0 Å². The van der Waals surface area contributed by atoms with Crippen molar-refractivity contribution in [3.63, 3.8) is 0 Å². The fourth-order valence-corrected chi connectivity index (χ4v) is 5.05. The van der Waals surface area contributed by atoms with Gasteiger partial charge in [-0.2, -0.15) is 17.5 Å². The largest absolute Gasteiger partial charge is 0.479 e. The monoisotopic (exact) mass is 498 g/mol. The van der Waals surface area contributed by atoms with Crippen LogP contribution in [0.15, 0.2) is 47.4 Å². The van der Waals surface area contributed by atoms with Crippen molar-refractivity contribution in [2.45, 2.75) is 24.1 Å². The normalized spacial score (nSPS) is 19.1. The first-order valence-corrected chi connectivity index (χ1v) is 11.7. The zero-order chi connectivity index (χ0) is 24.7. The minimum absolute atomic E-state index is 0.00464. The summed E-state index contributed by atoms with van der Waals surface area (Å²) in [5.41, 5.74) is -0.645. The summed E-state index contributed by atoms with van der Waals surface area (Å²) in [6.07, 6.45) is -5.23. The Morgan fingerprint density at radius 2 is 1.82 bits per heavy atom. The van der Waals surface area contributed by atoms with Crippen molar-refractivity contribution in [3.8, 4) is 5.75 Å². The highest BCUT2D eigenvalue weighted by atomic mass is 32.2. The number of ether oxygens (including phenoxy) is 1. The van der Waals surface area contributed by atoms with Crippen LogP contribution >= 0.6 is 0 Å². The van der Waals surface area contributed by atoms with Crippen LogP contribution in [0.5, 0.6) is 5.75 Å². The number of hydrogen-bond acceptors (Lipinski definition) is 5. The molecule has 2 aromatic carbocycles. The van der Waals surface area contributed by atoms with E-state index < -0.39 is 33.9 Å². The van der Waals surface area contributed by atoms with Gasteiger partial charge >= 0.3 is 12.2 Å². The van der Waals surface area contributed by atoms with Crippen LogP contribution in [-0.4, -0.2) is 61.8 Å². The summed E-state index contributed by atoms with van der Waals surface area (Å²) in [5.74, 6) is -0.0235. The highest BCUT2D eigenvalue weighted by molar-refractivity contribution is 7.89. The number of nitrogens with one attached hydrogen (secondary N) is 2. The number of carbonyl (C=O) groups excluding carboxylic acids is 2. The van der Waals surface area contributed by atoms with Gasteiger partial charge in [-0.1, -0.05) is 6.07 Å². The number of piperazine rings is 1. The molecule has 2 heterocycles. The molecule has 2 N–H and O–H groups in total. The summed E-state index contributed by atoms with van der Waals surface area (Å²) in [4.78, 5) is 25.6. The lowest BCUT2D eigenvalue weighted by atomic mass is 10.2. The number of sulfonamides is 1.